The van der Waals surface area contributed by atoms with Crippen LogP contribution in [0.4, 0.5) is 0 Å². The Bertz CT molecular complexity index is 1290. The van der Waals surface area contributed by atoms with Gasteiger partial charge in [0, 0.05) is 12.0 Å². The highest BCUT2D eigenvalue weighted by Crippen LogP contribution is 2.43. The number of nitrogens with one attached hydrogen (secondary N) is 2. The van der Waals surface area contributed by atoms with Crippen LogP contribution >= 0.6 is 0 Å². The molecule has 0 bridgehead atoms. The number of benzene rings is 2. The standard InChI is InChI=1S/C24H25N3O5/c28-21(14-27-18-6-2-1-5-17(18)22(29)26-23(27)30)25-15-24(9-3-4-10-24)16-7-8-19-20(13-16)32-12-11-31-19/h1-2,5-8,13H,3-4,9-12,14-15H2,(H,25,28)(H,26,29,30). The number of hydrogen-bond acceptors (Lipinski definition) is 5. The molecule has 5 rings (SSSR count). The molecule has 2 N–H and O–H groups in total. The van der Waals surface area contributed by atoms with Crippen LogP contribution in [0.5, 0.6) is 11.5 Å². The molecule has 1 aromatic heterocycles. The number of fused-ring (bicyclic) bond motifs is 2. The third-order valence-electron chi connectivity index (χ3n) is 6.55. The molecule has 0 spiro atoms. The van der Waals surface area contributed by atoms with E-state index in [9.17, 15) is 14.4 Å². The van der Waals surface area contributed by atoms with Gasteiger partial charge in [0.2, 0.25) is 5.91 Å². The Morgan fingerprint density at radius 2 is 1.78 bits per heavy atom. The van der Waals surface area contributed by atoms with Crippen LogP contribution in [-0.4, -0.2) is 35.2 Å². The van der Waals surface area contributed by atoms with Crippen LogP contribution in [0.1, 0.15) is 31.2 Å². The van der Waals surface area contributed by atoms with Gasteiger partial charge in [-0.2, -0.15) is 0 Å². The molecule has 166 valence electrons. The summed E-state index contributed by atoms with van der Waals surface area (Å²) in [4.78, 5) is 39.6. The molecular weight excluding hydrogens is 410 g/mol. The summed E-state index contributed by atoms with van der Waals surface area (Å²) < 4.78 is 12.7. The van der Waals surface area contributed by atoms with Crippen molar-refractivity contribution in [1.29, 1.82) is 0 Å². The Hall–Kier alpha value is -3.55. The average molecular weight is 435 g/mol. The maximum absolute atomic E-state index is 12.8. The topological polar surface area (TPSA) is 102 Å². The van der Waals surface area contributed by atoms with Crippen molar-refractivity contribution >= 4 is 16.8 Å². The summed E-state index contributed by atoms with van der Waals surface area (Å²) in [6.07, 6.45) is 4.12. The van der Waals surface area contributed by atoms with Crippen molar-refractivity contribution in [3.63, 3.8) is 0 Å². The number of ether oxygens (including phenoxy) is 2. The average Bonchev–Trinajstić information content (AvgIpc) is 3.30. The summed E-state index contributed by atoms with van der Waals surface area (Å²) in [6.45, 7) is 1.39. The highest BCUT2D eigenvalue weighted by atomic mass is 16.6. The molecule has 2 heterocycles. The summed E-state index contributed by atoms with van der Waals surface area (Å²) in [5, 5.41) is 3.41. The zero-order chi connectivity index (χ0) is 22.1. The molecule has 8 nitrogen and oxygen atoms in total. The quantitative estimate of drug-likeness (QED) is 0.639. The van der Waals surface area contributed by atoms with Gasteiger partial charge in [0.05, 0.1) is 10.9 Å². The van der Waals surface area contributed by atoms with Gasteiger partial charge in [-0.05, 0) is 42.7 Å². The summed E-state index contributed by atoms with van der Waals surface area (Å²) in [7, 11) is 0. The molecule has 1 amide bonds. The van der Waals surface area contributed by atoms with Crippen molar-refractivity contribution < 1.29 is 14.3 Å². The number of carbonyl (C=O) groups is 1. The third-order valence-corrected chi connectivity index (χ3v) is 6.55. The molecular formula is C24H25N3O5. The first-order chi connectivity index (χ1) is 15.6. The van der Waals surface area contributed by atoms with Crippen LogP contribution in [-0.2, 0) is 16.8 Å². The first-order valence-corrected chi connectivity index (χ1v) is 10.9. The molecule has 0 radical (unpaired) electrons. The zero-order valence-corrected chi connectivity index (χ0v) is 17.7. The van der Waals surface area contributed by atoms with Crippen molar-refractivity contribution in [2.24, 2.45) is 0 Å². The van der Waals surface area contributed by atoms with E-state index in [4.69, 9.17) is 9.47 Å². The maximum Gasteiger partial charge on any atom is 0.329 e. The van der Waals surface area contributed by atoms with Crippen LogP contribution in [0.2, 0.25) is 0 Å². The number of aromatic nitrogens is 2. The van der Waals surface area contributed by atoms with Gasteiger partial charge >= 0.3 is 5.69 Å². The molecule has 0 unspecified atom stereocenters. The lowest BCUT2D eigenvalue weighted by Gasteiger charge is -2.31. The highest BCUT2D eigenvalue weighted by molar-refractivity contribution is 5.81. The number of rotatable bonds is 5. The number of aromatic amines is 1. The molecule has 3 aromatic rings. The van der Waals surface area contributed by atoms with Crippen LogP contribution in [0.3, 0.4) is 0 Å². The van der Waals surface area contributed by atoms with E-state index in [2.05, 4.69) is 16.4 Å². The Morgan fingerprint density at radius 1 is 1.03 bits per heavy atom. The van der Waals surface area contributed by atoms with Gasteiger partial charge in [-0.3, -0.25) is 19.1 Å². The van der Waals surface area contributed by atoms with Crippen molar-refractivity contribution in [3.8, 4) is 11.5 Å². The molecule has 1 aliphatic heterocycles. The maximum atomic E-state index is 12.8. The number of amides is 1. The molecule has 32 heavy (non-hydrogen) atoms. The van der Waals surface area contributed by atoms with E-state index in [1.807, 2.05) is 12.1 Å². The predicted octanol–water partition coefficient (Wildman–Crippen LogP) is 2.09. The second kappa shape index (κ2) is 8.18. The minimum atomic E-state index is -0.591. The minimum absolute atomic E-state index is 0.159. The van der Waals surface area contributed by atoms with Gasteiger partial charge < -0.3 is 14.8 Å². The molecule has 1 fully saturated rings. The van der Waals surface area contributed by atoms with E-state index in [-0.39, 0.29) is 17.9 Å². The van der Waals surface area contributed by atoms with E-state index in [0.29, 0.717) is 30.7 Å². The van der Waals surface area contributed by atoms with Crippen LogP contribution < -0.4 is 26.0 Å². The van der Waals surface area contributed by atoms with Gasteiger partial charge in [-0.15, -0.1) is 0 Å². The lowest BCUT2D eigenvalue weighted by molar-refractivity contribution is -0.121. The number of nitrogens with zero attached hydrogens (tertiary/aromatic N) is 1. The Morgan fingerprint density at radius 3 is 2.59 bits per heavy atom. The van der Waals surface area contributed by atoms with Gasteiger partial charge in [0.25, 0.3) is 5.56 Å². The van der Waals surface area contributed by atoms with Crippen molar-refractivity contribution in [2.75, 3.05) is 19.8 Å². The minimum Gasteiger partial charge on any atom is -0.486 e. The van der Waals surface area contributed by atoms with E-state index in [1.54, 1.807) is 24.3 Å². The van der Waals surface area contributed by atoms with E-state index in [1.165, 1.54) is 4.57 Å². The van der Waals surface area contributed by atoms with Crippen molar-refractivity contribution in [2.45, 2.75) is 37.6 Å². The second-order valence-electron chi connectivity index (χ2n) is 8.49. The van der Waals surface area contributed by atoms with Gasteiger partial charge in [0.15, 0.2) is 11.5 Å². The lowest BCUT2D eigenvalue weighted by Crippen LogP contribution is -2.42. The fourth-order valence-corrected chi connectivity index (χ4v) is 4.86. The molecule has 2 aromatic carbocycles. The molecule has 0 atom stereocenters. The Kier molecular flexibility index (Phi) is 5.20. The van der Waals surface area contributed by atoms with E-state index >= 15 is 0 Å². The normalized spacial score (nSPS) is 16.8. The van der Waals surface area contributed by atoms with Crippen LogP contribution in [0, 0.1) is 0 Å². The molecule has 2 aliphatic rings. The first kappa shape index (κ1) is 20.4. The largest absolute Gasteiger partial charge is 0.486 e. The Labute approximate surface area is 184 Å². The number of hydrogen-bond donors (Lipinski definition) is 2. The number of para-hydroxylation sites is 1. The zero-order valence-electron chi connectivity index (χ0n) is 17.7. The molecule has 1 saturated carbocycles. The van der Waals surface area contributed by atoms with Gasteiger partial charge in [-0.25, -0.2) is 4.79 Å². The van der Waals surface area contributed by atoms with Gasteiger partial charge in [-0.1, -0.05) is 31.0 Å². The van der Waals surface area contributed by atoms with E-state index in [0.717, 1.165) is 42.7 Å². The SMILES string of the molecule is O=C(Cn1c(=O)[nH]c(=O)c2ccccc21)NCC1(c2ccc3c(c2)OCCO3)CCCC1. The summed E-state index contributed by atoms with van der Waals surface area (Å²) in [5.41, 5.74) is 0.353. The summed E-state index contributed by atoms with van der Waals surface area (Å²) in [6, 6.07) is 12.8. The Balaban J connectivity index is 1.37. The highest BCUT2D eigenvalue weighted by Gasteiger charge is 2.36. The van der Waals surface area contributed by atoms with Crippen LogP contribution in [0.15, 0.2) is 52.1 Å². The third kappa shape index (κ3) is 3.66. The number of carbonyl (C=O) groups excluding carboxylic acids is 1. The van der Waals surface area contributed by atoms with Crippen molar-refractivity contribution in [1.82, 2.24) is 14.9 Å². The van der Waals surface area contributed by atoms with Crippen molar-refractivity contribution in [3.05, 3.63) is 68.9 Å². The smallest absolute Gasteiger partial charge is 0.329 e. The first-order valence-electron chi connectivity index (χ1n) is 10.9. The van der Waals surface area contributed by atoms with E-state index < -0.39 is 11.2 Å². The monoisotopic (exact) mass is 435 g/mol. The fraction of sp³-hybridized carbons (Fsp3) is 0.375. The predicted molar refractivity (Wildman–Crippen MR) is 119 cm³/mol. The summed E-state index contributed by atoms with van der Waals surface area (Å²) >= 11 is 0. The van der Waals surface area contributed by atoms with Crippen LogP contribution in [0.25, 0.3) is 10.9 Å². The molecule has 8 heteroatoms. The number of H-pyrrole nitrogens is 1. The summed E-state index contributed by atoms with van der Waals surface area (Å²) in [5.74, 6) is 1.23. The lowest BCUT2D eigenvalue weighted by atomic mass is 9.78. The van der Waals surface area contributed by atoms with Gasteiger partial charge in [0.1, 0.15) is 19.8 Å². The molecule has 1 aliphatic carbocycles. The molecule has 0 saturated heterocycles. The second-order valence-corrected chi connectivity index (χ2v) is 8.49. The fourth-order valence-electron chi connectivity index (χ4n) is 4.86.